The molecule has 1 unspecified atom stereocenters. The third-order valence-corrected chi connectivity index (χ3v) is 4.91. The van der Waals surface area contributed by atoms with Gasteiger partial charge in [0.15, 0.2) is 5.65 Å². The van der Waals surface area contributed by atoms with Crippen molar-refractivity contribution in [3.05, 3.63) is 18.0 Å². The molecule has 3 rings (SSSR count). The molecule has 1 aliphatic carbocycles. The fraction of sp³-hybridized carbons (Fsp3) is 0.625. The third-order valence-electron chi connectivity index (χ3n) is 4.68. The maximum Gasteiger partial charge on any atom is 0.215 e. The van der Waals surface area contributed by atoms with E-state index in [1.807, 2.05) is 12.1 Å². The van der Waals surface area contributed by atoms with Crippen molar-refractivity contribution < 1.29 is 4.74 Å². The monoisotopic (exact) mass is 307 g/mol. The van der Waals surface area contributed by atoms with Crippen LogP contribution < -0.4 is 4.74 Å². The number of alkyl halides is 1. The molecule has 2 aromatic rings. The van der Waals surface area contributed by atoms with E-state index < -0.39 is 0 Å². The molecule has 0 saturated heterocycles. The SMILES string of the molecule is COc1ccc2nc(CCl)n(C3CCCCC3(C)C)c2n1. The van der Waals surface area contributed by atoms with Crippen LogP contribution in [0.5, 0.6) is 5.88 Å². The molecule has 0 aromatic carbocycles. The van der Waals surface area contributed by atoms with Crippen LogP contribution in [0.4, 0.5) is 0 Å². The fourth-order valence-corrected chi connectivity index (χ4v) is 3.68. The molecule has 5 heteroatoms. The highest BCUT2D eigenvalue weighted by molar-refractivity contribution is 6.16. The standard InChI is InChI=1S/C16H22ClN3O/c1-16(2)9-5-4-6-12(16)20-13(10-17)18-11-7-8-14(21-3)19-15(11)20/h7-8,12H,4-6,9-10H2,1-3H3. The number of hydrogen-bond donors (Lipinski definition) is 0. The number of pyridine rings is 1. The molecule has 4 nitrogen and oxygen atoms in total. The summed E-state index contributed by atoms with van der Waals surface area (Å²) < 4.78 is 7.53. The molecule has 0 N–H and O–H groups in total. The minimum atomic E-state index is 0.234. The van der Waals surface area contributed by atoms with Gasteiger partial charge in [-0.1, -0.05) is 26.7 Å². The Hall–Kier alpha value is -1.29. The normalized spacial score (nSPS) is 21.6. The number of nitrogens with zero attached hydrogens (tertiary/aromatic N) is 3. The van der Waals surface area contributed by atoms with Gasteiger partial charge in [0.1, 0.15) is 11.3 Å². The Kier molecular flexibility index (Phi) is 3.82. The first-order valence-corrected chi connectivity index (χ1v) is 8.08. The van der Waals surface area contributed by atoms with Crippen LogP contribution in [0, 0.1) is 5.41 Å². The first kappa shape index (κ1) is 14.6. The Bertz CT molecular complexity index is 650. The van der Waals surface area contributed by atoms with Gasteiger partial charge >= 0.3 is 0 Å². The molecule has 0 aliphatic heterocycles. The van der Waals surface area contributed by atoms with Crippen molar-refractivity contribution in [1.82, 2.24) is 14.5 Å². The number of methoxy groups -OCH3 is 1. The third kappa shape index (κ3) is 2.50. The molecule has 0 bridgehead atoms. The van der Waals surface area contributed by atoms with Crippen molar-refractivity contribution in [2.45, 2.75) is 51.5 Å². The summed E-state index contributed by atoms with van der Waals surface area (Å²) >= 11 is 6.15. The Morgan fingerprint density at radius 2 is 2.14 bits per heavy atom. The number of fused-ring (bicyclic) bond motifs is 1. The highest BCUT2D eigenvalue weighted by atomic mass is 35.5. The van der Waals surface area contributed by atoms with Crippen LogP contribution in [0.2, 0.25) is 0 Å². The zero-order valence-electron chi connectivity index (χ0n) is 12.9. The number of halogens is 1. The van der Waals surface area contributed by atoms with Crippen molar-refractivity contribution in [1.29, 1.82) is 0 Å². The van der Waals surface area contributed by atoms with Crippen LogP contribution in [0.1, 0.15) is 51.4 Å². The van der Waals surface area contributed by atoms with E-state index in [1.54, 1.807) is 7.11 Å². The average Bonchev–Trinajstić information content (AvgIpc) is 2.84. The van der Waals surface area contributed by atoms with Gasteiger partial charge in [-0.3, -0.25) is 0 Å². The van der Waals surface area contributed by atoms with E-state index in [9.17, 15) is 0 Å². The van der Waals surface area contributed by atoms with Crippen LogP contribution in [0.15, 0.2) is 12.1 Å². The van der Waals surface area contributed by atoms with Gasteiger partial charge in [-0.25, -0.2) is 4.98 Å². The van der Waals surface area contributed by atoms with Crippen molar-refractivity contribution in [3.8, 4) is 5.88 Å². The summed E-state index contributed by atoms with van der Waals surface area (Å²) in [5.74, 6) is 1.94. The molecule has 0 radical (unpaired) electrons. The average molecular weight is 308 g/mol. The molecule has 1 saturated carbocycles. The summed E-state index contributed by atoms with van der Waals surface area (Å²) in [7, 11) is 1.64. The lowest BCUT2D eigenvalue weighted by molar-refractivity contribution is 0.145. The van der Waals surface area contributed by atoms with Crippen LogP contribution >= 0.6 is 11.6 Å². The first-order chi connectivity index (χ1) is 10.1. The van der Waals surface area contributed by atoms with Crippen LogP contribution in [0.3, 0.4) is 0 Å². The first-order valence-electron chi connectivity index (χ1n) is 7.54. The Morgan fingerprint density at radius 3 is 2.81 bits per heavy atom. The van der Waals surface area contributed by atoms with Crippen LogP contribution in [-0.2, 0) is 5.88 Å². The quantitative estimate of drug-likeness (QED) is 0.793. The molecule has 1 atom stereocenters. The molecule has 0 spiro atoms. The lowest BCUT2D eigenvalue weighted by Crippen LogP contribution is -2.31. The molecule has 1 aliphatic rings. The maximum absolute atomic E-state index is 6.15. The predicted molar refractivity (Wildman–Crippen MR) is 84.9 cm³/mol. The molecule has 21 heavy (non-hydrogen) atoms. The zero-order valence-corrected chi connectivity index (χ0v) is 13.7. The van der Waals surface area contributed by atoms with Gasteiger partial charge in [-0.15, -0.1) is 11.6 Å². The van der Waals surface area contributed by atoms with Gasteiger partial charge < -0.3 is 9.30 Å². The second-order valence-corrected chi connectivity index (χ2v) is 6.75. The molecule has 1 fully saturated rings. The summed E-state index contributed by atoms with van der Waals surface area (Å²) in [5, 5.41) is 0. The van der Waals surface area contributed by atoms with E-state index in [1.165, 1.54) is 19.3 Å². The van der Waals surface area contributed by atoms with Gasteiger partial charge in [-0.05, 0) is 24.3 Å². The van der Waals surface area contributed by atoms with Gasteiger partial charge in [-0.2, -0.15) is 4.98 Å². The maximum atomic E-state index is 6.15. The number of imidazole rings is 1. The smallest absolute Gasteiger partial charge is 0.215 e. The topological polar surface area (TPSA) is 39.9 Å². The second-order valence-electron chi connectivity index (χ2n) is 6.48. The molecule has 2 aromatic heterocycles. The van der Waals surface area contributed by atoms with Gasteiger partial charge in [0.2, 0.25) is 5.88 Å². The molecule has 114 valence electrons. The van der Waals surface area contributed by atoms with Gasteiger partial charge in [0, 0.05) is 12.1 Å². The van der Waals surface area contributed by atoms with Crippen molar-refractivity contribution in [2.24, 2.45) is 5.41 Å². The van der Waals surface area contributed by atoms with Crippen molar-refractivity contribution in [2.75, 3.05) is 7.11 Å². The molecule has 0 amide bonds. The van der Waals surface area contributed by atoms with Gasteiger partial charge in [0.25, 0.3) is 0 Å². The van der Waals surface area contributed by atoms with Gasteiger partial charge in [0.05, 0.1) is 13.0 Å². The lowest BCUT2D eigenvalue weighted by Gasteiger charge is -2.40. The number of rotatable bonds is 3. The predicted octanol–water partition coefficient (Wildman–Crippen LogP) is 4.32. The summed E-state index contributed by atoms with van der Waals surface area (Å²) in [6.07, 6.45) is 4.92. The fourth-order valence-electron chi connectivity index (χ4n) is 3.49. The minimum Gasteiger partial charge on any atom is -0.481 e. The Balaban J connectivity index is 2.19. The van der Waals surface area contributed by atoms with Crippen LogP contribution in [-0.4, -0.2) is 21.6 Å². The Labute approximate surface area is 130 Å². The van der Waals surface area contributed by atoms with E-state index in [2.05, 4.69) is 28.4 Å². The second kappa shape index (κ2) is 5.48. The number of ether oxygens (including phenoxy) is 1. The molecule has 2 heterocycles. The minimum absolute atomic E-state index is 0.234. The Morgan fingerprint density at radius 1 is 1.33 bits per heavy atom. The summed E-state index contributed by atoms with van der Waals surface area (Å²) in [6.45, 7) is 4.67. The number of hydrogen-bond acceptors (Lipinski definition) is 3. The largest absolute Gasteiger partial charge is 0.481 e. The van der Waals surface area contributed by atoms with E-state index in [-0.39, 0.29) is 5.41 Å². The van der Waals surface area contributed by atoms with E-state index in [0.29, 0.717) is 17.8 Å². The van der Waals surface area contributed by atoms with Crippen molar-refractivity contribution in [3.63, 3.8) is 0 Å². The number of aromatic nitrogens is 3. The van der Waals surface area contributed by atoms with Crippen molar-refractivity contribution >= 4 is 22.8 Å². The van der Waals surface area contributed by atoms with E-state index in [4.69, 9.17) is 16.3 Å². The summed E-state index contributed by atoms with van der Waals surface area (Å²) in [4.78, 5) is 9.28. The lowest BCUT2D eigenvalue weighted by atomic mass is 9.73. The summed E-state index contributed by atoms with van der Waals surface area (Å²) in [6, 6.07) is 4.21. The zero-order chi connectivity index (χ0) is 15.0. The van der Waals surface area contributed by atoms with E-state index in [0.717, 1.165) is 23.4 Å². The molecular formula is C16H22ClN3O. The highest BCUT2D eigenvalue weighted by Gasteiger charge is 2.35. The van der Waals surface area contributed by atoms with Crippen LogP contribution in [0.25, 0.3) is 11.2 Å². The van der Waals surface area contributed by atoms with E-state index >= 15 is 0 Å². The summed E-state index contributed by atoms with van der Waals surface area (Å²) in [5.41, 5.74) is 2.02. The highest BCUT2D eigenvalue weighted by Crippen LogP contribution is 2.45. The molecular weight excluding hydrogens is 286 g/mol.